The van der Waals surface area contributed by atoms with E-state index in [0.717, 1.165) is 27.6 Å². The number of sulfonamides is 1. The van der Waals surface area contributed by atoms with Crippen LogP contribution in [0, 0.1) is 5.82 Å². The predicted molar refractivity (Wildman–Crippen MR) is 177 cm³/mol. The fourth-order valence-corrected chi connectivity index (χ4v) is 6.65. The zero-order chi connectivity index (χ0) is 33.4. The number of fused-ring (bicyclic) bond motifs is 1. The molecule has 11 heteroatoms. The molecular formula is C36H38FN3O6S. The van der Waals surface area contributed by atoms with Crippen LogP contribution in [0.3, 0.4) is 0 Å². The second kappa shape index (κ2) is 15.1. The van der Waals surface area contributed by atoms with Crippen molar-refractivity contribution in [1.82, 2.24) is 10.2 Å². The van der Waals surface area contributed by atoms with Crippen molar-refractivity contribution in [2.24, 2.45) is 0 Å². The van der Waals surface area contributed by atoms with Crippen LogP contribution >= 0.6 is 0 Å². The number of nitrogens with zero attached hydrogens (tertiary/aromatic N) is 2. The first kappa shape index (κ1) is 33.5. The summed E-state index contributed by atoms with van der Waals surface area (Å²) in [5, 5.41) is 3.02. The zero-order valence-corrected chi connectivity index (χ0v) is 27.2. The summed E-state index contributed by atoms with van der Waals surface area (Å²) in [5.74, 6) is -0.857. The van der Waals surface area contributed by atoms with Gasteiger partial charge in [0.2, 0.25) is 11.8 Å². The Bertz CT molecular complexity index is 1770. The van der Waals surface area contributed by atoms with E-state index < -0.39 is 34.3 Å². The summed E-state index contributed by atoms with van der Waals surface area (Å²) in [6.45, 7) is 3.82. The zero-order valence-electron chi connectivity index (χ0n) is 26.3. The fourth-order valence-electron chi connectivity index (χ4n) is 5.22. The van der Waals surface area contributed by atoms with E-state index in [4.69, 9.17) is 9.47 Å². The van der Waals surface area contributed by atoms with Crippen LogP contribution in [0.15, 0.2) is 108 Å². The quantitative estimate of drug-likeness (QED) is 0.208. The highest BCUT2D eigenvalue weighted by Crippen LogP contribution is 2.34. The number of halogens is 1. The molecule has 0 saturated heterocycles. The third-order valence-electron chi connectivity index (χ3n) is 7.96. The first-order chi connectivity index (χ1) is 22.7. The monoisotopic (exact) mass is 659 g/mol. The molecule has 0 radical (unpaired) electrons. The third kappa shape index (κ3) is 8.28. The van der Waals surface area contributed by atoms with Crippen LogP contribution in [0.25, 0.3) is 0 Å². The van der Waals surface area contributed by atoms with E-state index >= 15 is 0 Å². The van der Waals surface area contributed by atoms with Gasteiger partial charge in [0, 0.05) is 25.1 Å². The number of anilines is 1. The SMILES string of the molecule is CC[C@H](C)NC(=O)[C@@H](Cc1ccccc1)N(Cc1ccccc1)C(=O)CN(c1ccc(F)cc1)S(=O)(=O)c1ccc2c(c1)OCCO2. The Labute approximate surface area is 275 Å². The average Bonchev–Trinajstić information content (AvgIpc) is 3.09. The fraction of sp³-hybridized carbons (Fsp3) is 0.278. The van der Waals surface area contributed by atoms with E-state index in [0.29, 0.717) is 18.8 Å². The van der Waals surface area contributed by atoms with Crippen molar-refractivity contribution in [3.63, 3.8) is 0 Å². The largest absolute Gasteiger partial charge is 0.486 e. The van der Waals surface area contributed by atoms with Gasteiger partial charge < -0.3 is 19.7 Å². The lowest BCUT2D eigenvalue weighted by Crippen LogP contribution is -2.54. The van der Waals surface area contributed by atoms with Gasteiger partial charge in [0.1, 0.15) is 31.6 Å². The van der Waals surface area contributed by atoms with Crippen molar-refractivity contribution < 1.29 is 31.9 Å². The average molecular weight is 660 g/mol. The van der Waals surface area contributed by atoms with Crippen LogP contribution in [0.2, 0.25) is 0 Å². The molecule has 0 spiro atoms. The summed E-state index contributed by atoms with van der Waals surface area (Å²) >= 11 is 0. The molecule has 0 fully saturated rings. The first-order valence-corrected chi connectivity index (χ1v) is 17.0. The minimum Gasteiger partial charge on any atom is -0.486 e. The van der Waals surface area contributed by atoms with E-state index in [-0.39, 0.29) is 47.9 Å². The maximum atomic E-state index is 14.5. The van der Waals surface area contributed by atoms with Crippen molar-refractivity contribution in [3.05, 3.63) is 120 Å². The molecular weight excluding hydrogens is 621 g/mol. The summed E-state index contributed by atoms with van der Waals surface area (Å²) in [4.78, 5) is 29.7. The van der Waals surface area contributed by atoms with Crippen LogP contribution in [0.5, 0.6) is 11.5 Å². The number of rotatable bonds is 13. The standard InChI is InChI=1S/C36H38FN3O6S/c1-3-26(2)38-36(42)32(22-27-10-6-4-7-11-27)39(24-28-12-8-5-9-13-28)35(41)25-40(30-16-14-29(37)15-17-30)47(43,44)31-18-19-33-34(23-31)46-21-20-45-33/h4-19,23,26,32H,3,20-22,24-25H2,1-2H3,(H,38,42)/t26-,32+/m0/s1. The van der Waals surface area contributed by atoms with Crippen LogP contribution < -0.4 is 19.1 Å². The van der Waals surface area contributed by atoms with Crippen molar-refractivity contribution in [2.75, 3.05) is 24.1 Å². The Hall–Kier alpha value is -4.90. The maximum absolute atomic E-state index is 14.5. The lowest BCUT2D eigenvalue weighted by atomic mass is 10.0. The summed E-state index contributed by atoms with van der Waals surface area (Å²) in [7, 11) is -4.40. The van der Waals surface area contributed by atoms with Crippen LogP contribution in [-0.2, 0) is 32.6 Å². The van der Waals surface area contributed by atoms with Gasteiger partial charge in [-0.05, 0) is 60.9 Å². The summed E-state index contributed by atoms with van der Waals surface area (Å²) in [6, 6.07) is 26.5. The molecule has 1 aliphatic rings. The Morgan fingerprint density at radius 1 is 0.851 bits per heavy atom. The van der Waals surface area contributed by atoms with Gasteiger partial charge in [-0.3, -0.25) is 13.9 Å². The smallest absolute Gasteiger partial charge is 0.264 e. The Kier molecular flexibility index (Phi) is 10.8. The molecule has 1 heterocycles. The number of carbonyl (C=O) groups is 2. The molecule has 1 aliphatic heterocycles. The van der Waals surface area contributed by atoms with Gasteiger partial charge in [0.15, 0.2) is 11.5 Å². The molecule has 9 nitrogen and oxygen atoms in total. The molecule has 0 aromatic heterocycles. The van der Waals surface area contributed by atoms with E-state index in [2.05, 4.69) is 5.32 Å². The molecule has 0 aliphatic carbocycles. The maximum Gasteiger partial charge on any atom is 0.264 e. The second-order valence-corrected chi connectivity index (χ2v) is 13.2. The molecule has 47 heavy (non-hydrogen) atoms. The van der Waals surface area contributed by atoms with Gasteiger partial charge in [-0.1, -0.05) is 67.6 Å². The van der Waals surface area contributed by atoms with Crippen LogP contribution in [0.1, 0.15) is 31.4 Å². The Balaban J connectivity index is 1.56. The molecule has 2 atom stereocenters. The minimum atomic E-state index is -4.40. The number of nitrogens with one attached hydrogen (secondary N) is 1. The molecule has 0 bridgehead atoms. The number of carbonyl (C=O) groups excluding carboxylic acids is 2. The molecule has 246 valence electrons. The Morgan fingerprint density at radius 2 is 1.47 bits per heavy atom. The summed E-state index contributed by atoms with van der Waals surface area (Å²) in [5.41, 5.74) is 1.68. The number of ether oxygens (including phenoxy) is 2. The number of benzene rings is 4. The number of hydrogen-bond acceptors (Lipinski definition) is 6. The van der Waals surface area contributed by atoms with Crippen molar-refractivity contribution in [2.45, 2.75) is 50.2 Å². The molecule has 1 N–H and O–H groups in total. The van der Waals surface area contributed by atoms with E-state index in [1.54, 1.807) is 0 Å². The van der Waals surface area contributed by atoms with Gasteiger partial charge in [-0.15, -0.1) is 0 Å². The van der Waals surface area contributed by atoms with Crippen LogP contribution in [-0.4, -0.2) is 57.0 Å². The van der Waals surface area contributed by atoms with Crippen molar-refractivity contribution in [1.29, 1.82) is 0 Å². The summed E-state index contributed by atoms with van der Waals surface area (Å²) < 4.78 is 54.7. The number of hydrogen-bond donors (Lipinski definition) is 1. The lowest BCUT2D eigenvalue weighted by molar-refractivity contribution is -0.140. The molecule has 4 aromatic rings. The van der Waals surface area contributed by atoms with E-state index in [1.807, 2.05) is 74.5 Å². The second-order valence-electron chi connectivity index (χ2n) is 11.3. The Morgan fingerprint density at radius 3 is 2.11 bits per heavy atom. The van der Waals surface area contributed by atoms with E-state index in [9.17, 15) is 22.4 Å². The normalized spacial score (nSPS) is 13.7. The molecule has 2 amide bonds. The topological polar surface area (TPSA) is 105 Å². The first-order valence-electron chi connectivity index (χ1n) is 15.5. The minimum absolute atomic E-state index is 0.0480. The predicted octanol–water partition coefficient (Wildman–Crippen LogP) is 5.35. The highest BCUT2D eigenvalue weighted by atomic mass is 32.2. The van der Waals surface area contributed by atoms with Gasteiger partial charge in [-0.25, -0.2) is 12.8 Å². The van der Waals surface area contributed by atoms with Gasteiger partial charge in [-0.2, -0.15) is 0 Å². The highest BCUT2D eigenvalue weighted by Gasteiger charge is 2.35. The summed E-state index contributed by atoms with van der Waals surface area (Å²) in [6.07, 6.45) is 0.885. The third-order valence-corrected chi connectivity index (χ3v) is 9.73. The van der Waals surface area contributed by atoms with Crippen molar-refractivity contribution in [3.8, 4) is 11.5 Å². The molecule has 4 aromatic carbocycles. The van der Waals surface area contributed by atoms with Crippen LogP contribution in [0.4, 0.5) is 10.1 Å². The van der Waals surface area contributed by atoms with E-state index in [1.165, 1.54) is 35.2 Å². The van der Waals surface area contributed by atoms with Gasteiger partial charge >= 0.3 is 0 Å². The number of amides is 2. The molecule has 0 unspecified atom stereocenters. The van der Waals surface area contributed by atoms with Gasteiger partial charge in [0.25, 0.3) is 10.0 Å². The molecule has 0 saturated carbocycles. The molecule has 5 rings (SSSR count). The van der Waals surface area contributed by atoms with Gasteiger partial charge in [0.05, 0.1) is 10.6 Å². The highest BCUT2D eigenvalue weighted by molar-refractivity contribution is 7.92. The van der Waals surface area contributed by atoms with Crippen molar-refractivity contribution >= 4 is 27.5 Å². The lowest BCUT2D eigenvalue weighted by Gasteiger charge is -2.34.